The molecular weight excluding hydrogens is 248 g/mol. The number of likely N-dealkylation sites (N-methyl/N-ethyl adjacent to an activating group) is 1. The molecular formula is C13H24N2O2S. The van der Waals surface area contributed by atoms with Crippen LogP contribution in [-0.2, 0) is 4.79 Å². The second-order valence-electron chi connectivity index (χ2n) is 5.50. The Morgan fingerprint density at radius 3 is 2.44 bits per heavy atom. The molecule has 1 unspecified atom stereocenters. The monoisotopic (exact) mass is 272 g/mol. The number of carboxylic acid groups (broad SMARTS) is 1. The minimum absolute atomic E-state index is 0.158. The summed E-state index contributed by atoms with van der Waals surface area (Å²) in [4.78, 5) is 16.1. The third kappa shape index (κ3) is 3.87. The van der Waals surface area contributed by atoms with Gasteiger partial charge in [0.1, 0.15) is 0 Å². The molecule has 5 heteroatoms. The fourth-order valence-corrected chi connectivity index (χ4v) is 4.00. The molecule has 2 heterocycles. The van der Waals surface area contributed by atoms with Crippen LogP contribution in [0.2, 0.25) is 0 Å². The molecule has 2 fully saturated rings. The van der Waals surface area contributed by atoms with Gasteiger partial charge < -0.3 is 10.0 Å². The molecule has 0 aromatic heterocycles. The first-order valence-electron chi connectivity index (χ1n) is 6.88. The highest BCUT2D eigenvalue weighted by atomic mass is 32.2. The summed E-state index contributed by atoms with van der Waals surface area (Å²) in [6.45, 7) is 4.90. The van der Waals surface area contributed by atoms with E-state index in [9.17, 15) is 9.90 Å². The molecule has 0 aromatic rings. The molecule has 2 saturated heterocycles. The Kier molecular flexibility index (Phi) is 5.33. The Morgan fingerprint density at radius 2 is 1.89 bits per heavy atom. The van der Waals surface area contributed by atoms with Crippen LogP contribution in [0, 0.1) is 11.8 Å². The van der Waals surface area contributed by atoms with Crippen LogP contribution in [0.3, 0.4) is 0 Å². The van der Waals surface area contributed by atoms with Crippen molar-refractivity contribution in [3.05, 3.63) is 0 Å². The van der Waals surface area contributed by atoms with Crippen LogP contribution in [0.5, 0.6) is 0 Å². The SMILES string of the molecule is CN1CCN(CC(C(=O)O)C2CCSCC2)CC1. The van der Waals surface area contributed by atoms with Crippen LogP contribution < -0.4 is 0 Å². The van der Waals surface area contributed by atoms with Crippen molar-refractivity contribution in [3.8, 4) is 0 Å². The molecule has 2 aliphatic rings. The van der Waals surface area contributed by atoms with E-state index in [1.807, 2.05) is 11.8 Å². The maximum atomic E-state index is 11.5. The van der Waals surface area contributed by atoms with Gasteiger partial charge in [0.15, 0.2) is 0 Å². The Bertz CT molecular complexity index is 274. The Hall–Kier alpha value is -0.260. The molecule has 4 nitrogen and oxygen atoms in total. The number of carboxylic acids is 1. The van der Waals surface area contributed by atoms with Crippen LogP contribution in [0.25, 0.3) is 0 Å². The zero-order valence-electron chi connectivity index (χ0n) is 11.2. The molecule has 0 radical (unpaired) electrons. The summed E-state index contributed by atoms with van der Waals surface area (Å²) in [6, 6.07) is 0. The maximum Gasteiger partial charge on any atom is 0.308 e. The summed E-state index contributed by atoms with van der Waals surface area (Å²) in [7, 11) is 2.13. The first-order chi connectivity index (χ1) is 8.66. The third-order valence-corrected chi connectivity index (χ3v) is 5.25. The van der Waals surface area contributed by atoms with Crippen molar-refractivity contribution < 1.29 is 9.90 Å². The van der Waals surface area contributed by atoms with Gasteiger partial charge in [0.05, 0.1) is 5.92 Å². The highest BCUT2D eigenvalue weighted by molar-refractivity contribution is 7.99. The van der Waals surface area contributed by atoms with E-state index < -0.39 is 5.97 Å². The molecule has 18 heavy (non-hydrogen) atoms. The lowest BCUT2D eigenvalue weighted by Gasteiger charge is -2.36. The number of hydrogen-bond donors (Lipinski definition) is 1. The van der Waals surface area contributed by atoms with Crippen molar-refractivity contribution >= 4 is 17.7 Å². The van der Waals surface area contributed by atoms with Crippen molar-refractivity contribution in [1.82, 2.24) is 9.80 Å². The van der Waals surface area contributed by atoms with Crippen LogP contribution in [0.15, 0.2) is 0 Å². The number of piperazine rings is 1. The fraction of sp³-hybridized carbons (Fsp3) is 0.923. The van der Waals surface area contributed by atoms with Gasteiger partial charge in [-0.1, -0.05) is 0 Å². The average molecular weight is 272 g/mol. The molecule has 2 aliphatic heterocycles. The van der Waals surface area contributed by atoms with Gasteiger partial charge in [0.2, 0.25) is 0 Å². The normalized spacial score (nSPS) is 26.1. The lowest BCUT2D eigenvalue weighted by atomic mass is 9.87. The molecule has 0 aliphatic carbocycles. The molecule has 0 saturated carbocycles. The van der Waals surface area contributed by atoms with Gasteiger partial charge >= 0.3 is 5.97 Å². The average Bonchev–Trinajstić information content (AvgIpc) is 2.38. The summed E-state index contributed by atoms with van der Waals surface area (Å²) >= 11 is 1.96. The van der Waals surface area contributed by atoms with E-state index in [1.165, 1.54) is 0 Å². The molecule has 2 rings (SSSR count). The minimum Gasteiger partial charge on any atom is -0.481 e. The standard InChI is InChI=1S/C13H24N2O2S/c1-14-4-6-15(7-5-14)10-12(13(16)17)11-2-8-18-9-3-11/h11-12H,2-10H2,1H3,(H,16,17). The minimum atomic E-state index is -0.592. The number of hydrogen-bond acceptors (Lipinski definition) is 4. The number of thioether (sulfide) groups is 1. The fourth-order valence-electron chi connectivity index (χ4n) is 2.86. The van der Waals surface area contributed by atoms with Gasteiger partial charge in [-0.25, -0.2) is 0 Å². The molecule has 0 aromatic carbocycles. The van der Waals surface area contributed by atoms with Gasteiger partial charge in [-0.3, -0.25) is 9.69 Å². The van der Waals surface area contributed by atoms with E-state index in [0.29, 0.717) is 5.92 Å². The number of nitrogens with zero attached hydrogens (tertiary/aromatic N) is 2. The predicted octanol–water partition coefficient (Wildman–Crippen LogP) is 1.08. The van der Waals surface area contributed by atoms with E-state index in [0.717, 1.165) is 57.1 Å². The highest BCUT2D eigenvalue weighted by Crippen LogP contribution is 2.29. The van der Waals surface area contributed by atoms with Gasteiger partial charge in [-0.2, -0.15) is 11.8 Å². The van der Waals surface area contributed by atoms with Gasteiger partial charge in [-0.15, -0.1) is 0 Å². The first-order valence-corrected chi connectivity index (χ1v) is 8.03. The smallest absolute Gasteiger partial charge is 0.308 e. The van der Waals surface area contributed by atoms with E-state index >= 15 is 0 Å². The molecule has 0 bridgehead atoms. The van der Waals surface area contributed by atoms with E-state index in [1.54, 1.807) is 0 Å². The molecule has 1 N–H and O–H groups in total. The summed E-state index contributed by atoms with van der Waals surface area (Å²) in [6.07, 6.45) is 2.16. The summed E-state index contributed by atoms with van der Waals surface area (Å²) in [5.74, 6) is 1.91. The lowest BCUT2D eigenvalue weighted by molar-refractivity contribution is -0.144. The number of aliphatic carboxylic acids is 1. The van der Waals surface area contributed by atoms with Crippen molar-refractivity contribution in [3.63, 3.8) is 0 Å². The molecule has 0 amide bonds. The van der Waals surface area contributed by atoms with Crippen molar-refractivity contribution in [2.45, 2.75) is 12.8 Å². The van der Waals surface area contributed by atoms with Crippen molar-refractivity contribution in [2.24, 2.45) is 11.8 Å². The van der Waals surface area contributed by atoms with Crippen LogP contribution in [0.4, 0.5) is 0 Å². The largest absolute Gasteiger partial charge is 0.481 e. The second-order valence-corrected chi connectivity index (χ2v) is 6.72. The second kappa shape index (κ2) is 6.78. The summed E-state index contributed by atoms with van der Waals surface area (Å²) in [5, 5.41) is 9.46. The number of carbonyl (C=O) groups is 1. The summed E-state index contributed by atoms with van der Waals surface area (Å²) in [5.41, 5.74) is 0. The predicted molar refractivity (Wildman–Crippen MR) is 75.1 cm³/mol. The summed E-state index contributed by atoms with van der Waals surface area (Å²) < 4.78 is 0. The van der Waals surface area contributed by atoms with Crippen LogP contribution in [0.1, 0.15) is 12.8 Å². The van der Waals surface area contributed by atoms with Gasteiger partial charge in [0.25, 0.3) is 0 Å². The van der Waals surface area contributed by atoms with Gasteiger partial charge in [0, 0.05) is 32.7 Å². The highest BCUT2D eigenvalue weighted by Gasteiger charge is 2.31. The van der Waals surface area contributed by atoms with Crippen molar-refractivity contribution in [1.29, 1.82) is 0 Å². The molecule has 0 spiro atoms. The quantitative estimate of drug-likeness (QED) is 0.829. The van der Waals surface area contributed by atoms with Gasteiger partial charge in [-0.05, 0) is 37.3 Å². The van der Waals surface area contributed by atoms with Crippen LogP contribution in [-0.4, -0.2) is 72.2 Å². The van der Waals surface area contributed by atoms with E-state index in [2.05, 4.69) is 16.8 Å². The zero-order chi connectivity index (χ0) is 13.0. The molecule has 104 valence electrons. The Morgan fingerprint density at radius 1 is 1.28 bits per heavy atom. The Balaban J connectivity index is 1.87. The van der Waals surface area contributed by atoms with E-state index in [-0.39, 0.29) is 5.92 Å². The topological polar surface area (TPSA) is 43.8 Å². The Labute approximate surface area is 114 Å². The number of rotatable bonds is 4. The zero-order valence-corrected chi connectivity index (χ0v) is 12.0. The third-order valence-electron chi connectivity index (χ3n) is 4.20. The lowest BCUT2D eigenvalue weighted by Crippen LogP contribution is -2.48. The van der Waals surface area contributed by atoms with E-state index in [4.69, 9.17) is 0 Å². The van der Waals surface area contributed by atoms with Crippen molar-refractivity contribution in [2.75, 3.05) is 51.3 Å². The maximum absolute atomic E-state index is 11.5. The van der Waals surface area contributed by atoms with Crippen LogP contribution >= 0.6 is 11.8 Å². The first kappa shape index (κ1) is 14.2. The molecule has 1 atom stereocenters.